The van der Waals surface area contributed by atoms with E-state index in [0.29, 0.717) is 6.04 Å². The normalized spacial score (nSPS) is 21.1. The van der Waals surface area contributed by atoms with Gasteiger partial charge in [0.1, 0.15) is 0 Å². The predicted octanol–water partition coefficient (Wildman–Crippen LogP) is 2.52. The molecule has 2 heteroatoms. The minimum atomic E-state index is 0.499. The summed E-state index contributed by atoms with van der Waals surface area (Å²) in [5.74, 6) is 0. The Kier molecular flexibility index (Phi) is 3.39. The van der Waals surface area contributed by atoms with Crippen LogP contribution in [-0.2, 0) is 6.42 Å². The summed E-state index contributed by atoms with van der Waals surface area (Å²) in [5, 5.41) is 2.06. The van der Waals surface area contributed by atoms with E-state index >= 15 is 0 Å². The lowest BCUT2D eigenvalue weighted by atomic mass is 10.00. The first kappa shape index (κ1) is 10.7. The first-order valence-electron chi connectivity index (χ1n) is 5.78. The van der Waals surface area contributed by atoms with Crippen LogP contribution in [0.3, 0.4) is 0 Å². The SMILES string of the molecule is CN(C)NC1CCCCc2ccccc21. The molecule has 0 bridgehead atoms. The predicted molar refractivity (Wildman–Crippen MR) is 63.6 cm³/mol. The van der Waals surface area contributed by atoms with Crippen LogP contribution in [0.1, 0.15) is 36.4 Å². The summed E-state index contributed by atoms with van der Waals surface area (Å²) in [6, 6.07) is 9.33. The third-order valence-electron chi connectivity index (χ3n) is 3.03. The van der Waals surface area contributed by atoms with E-state index in [1.54, 1.807) is 0 Å². The lowest BCUT2D eigenvalue weighted by Crippen LogP contribution is -2.34. The maximum Gasteiger partial charge on any atom is 0.0467 e. The number of hydrogen-bond acceptors (Lipinski definition) is 2. The van der Waals surface area contributed by atoms with Gasteiger partial charge in [-0.15, -0.1) is 0 Å². The molecule has 0 aliphatic heterocycles. The van der Waals surface area contributed by atoms with Gasteiger partial charge in [-0.3, -0.25) is 5.01 Å². The molecule has 15 heavy (non-hydrogen) atoms. The van der Waals surface area contributed by atoms with E-state index in [1.807, 2.05) is 0 Å². The summed E-state index contributed by atoms with van der Waals surface area (Å²) < 4.78 is 0. The fraction of sp³-hybridized carbons (Fsp3) is 0.538. The van der Waals surface area contributed by atoms with Crippen molar-refractivity contribution < 1.29 is 0 Å². The third kappa shape index (κ3) is 2.58. The molecule has 82 valence electrons. The van der Waals surface area contributed by atoms with E-state index < -0.39 is 0 Å². The number of benzene rings is 1. The van der Waals surface area contributed by atoms with Crippen molar-refractivity contribution in [1.82, 2.24) is 10.4 Å². The fourth-order valence-electron chi connectivity index (χ4n) is 2.37. The van der Waals surface area contributed by atoms with E-state index in [1.165, 1.54) is 36.8 Å². The van der Waals surface area contributed by atoms with Crippen LogP contribution in [0, 0.1) is 0 Å². The second-order valence-electron chi connectivity index (χ2n) is 4.52. The number of hydrazine groups is 1. The van der Waals surface area contributed by atoms with Crippen molar-refractivity contribution in [2.24, 2.45) is 0 Å². The maximum absolute atomic E-state index is 3.51. The summed E-state index contributed by atoms with van der Waals surface area (Å²) in [6.07, 6.45) is 5.12. The van der Waals surface area contributed by atoms with E-state index in [0.717, 1.165) is 0 Å². The summed E-state index contributed by atoms with van der Waals surface area (Å²) in [7, 11) is 4.13. The Labute approximate surface area is 92.3 Å². The minimum absolute atomic E-state index is 0.499. The Morgan fingerprint density at radius 3 is 2.80 bits per heavy atom. The zero-order chi connectivity index (χ0) is 10.7. The van der Waals surface area contributed by atoms with Crippen LogP contribution >= 0.6 is 0 Å². The highest BCUT2D eigenvalue weighted by Gasteiger charge is 2.17. The van der Waals surface area contributed by atoms with Crippen molar-refractivity contribution in [3.05, 3.63) is 35.4 Å². The van der Waals surface area contributed by atoms with Crippen molar-refractivity contribution in [2.45, 2.75) is 31.7 Å². The molecule has 1 N–H and O–H groups in total. The van der Waals surface area contributed by atoms with Gasteiger partial charge in [0, 0.05) is 20.1 Å². The molecule has 0 radical (unpaired) electrons. The van der Waals surface area contributed by atoms with Crippen LogP contribution in [0.4, 0.5) is 0 Å². The molecular weight excluding hydrogens is 184 g/mol. The summed E-state index contributed by atoms with van der Waals surface area (Å²) in [6.45, 7) is 0. The summed E-state index contributed by atoms with van der Waals surface area (Å²) in [4.78, 5) is 0. The van der Waals surface area contributed by atoms with Crippen molar-refractivity contribution >= 4 is 0 Å². The Hall–Kier alpha value is -0.860. The molecule has 1 aromatic carbocycles. The molecule has 1 atom stereocenters. The van der Waals surface area contributed by atoms with Gasteiger partial charge in [0.15, 0.2) is 0 Å². The molecule has 1 unspecified atom stereocenters. The van der Waals surface area contributed by atoms with Gasteiger partial charge in [-0.2, -0.15) is 0 Å². The highest BCUT2D eigenvalue weighted by atomic mass is 15.5. The summed E-state index contributed by atoms with van der Waals surface area (Å²) in [5.41, 5.74) is 6.52. The first-order chi connectivity index (χ1) is 7.27. The number of hydrogen-bond donors (Lipinski definition) is 1. The molecule has 0 heterocycles. The fourth-order valence-corrected chi connectivity index (χ4v) is 2.37. The van der Waals surface area contributed by atoms with Gasteiger partial charge in [0.25, 0.3) is 0 Å². The summed E-state index contributed by atoms with van der Waals surface area (Å²) >= 11 is 0. The lowest BCUT2D eigenvalue weighted by molar-refractivity contribution is 0.234. The molecule has 1 aliphatic rings. The van der Waals surface area contributed by atoms with Crippen LogP contribution < -0.4 is 5.43 Å². The Balaban J connectivity index is 2.24. The van der Waals surface area contributed by atoms with Crippen LogP contribution in [0.15, 0.2) is 24.3 Å². The van der Waals surface area contributed by atoms with Crippen LogP contribution in [-0.4, -0.2) is 19.1 Å². The van der Waals surface area contributed by atoms with Gasteiger partial charge in [0.05, 0.1) is 0 Å². The monoisotopic (exact) mass is 204 g/mol. The second kappa shape index (κ2) is 4.77. The molecule has 0 fully saturated rings. The van der Waals surface area contributed by atoms with Gasteiger partial charge in [0.2, 0.25) is 0 Å². The molecule has 2 rings (SSSR count). The van der Waals surface area contributed by atoms with Gasteiger partial charge >= 0.3 is 0 Å². The molecule has 0 saturated heterocycles. The highest BCUT2D eigenvalue weighted by molar-refractivity contribution is 5.30. The average molecular weight is 204 g/mol. The van der Waals surface area contributed by atoms with E-state index in [2.05, 4.69) is 48.8 Å². The van der Waals surface area contributed by atoms with Crippen LogP contribution in [0.25, 0.3) is 0 Å². The topological polar surface area (TPSA) is 15.3 Å². The number of fused-ring (bicyclic) bond motifs is 1. The highest BCUT2D eigenvalue weighted by Crippen LogP contribution is 2.28. The van der Waals surface area contributed by atoms with Crippen molar-refractivity contribution in [2.75, 3.05) is 14.1 Å². The molecule has 0 amide bonds. The second-order valence-corrected chi connectivity index (χ2v) is 4.52. The first-order valence-corrected chi connectivity index (χ1v) is 5.78. The molecule has 1 aliphatic carbocycles. The van der Waals surface area contributed by atoms with Crippen molar-refractivity contribution in [3.63, 3.8) is 0 Å². The van der Waals surface area contributed by atoms with Crippen LogP contribution in [0.2, 0.25) is 0 Å². The number of nitrogens with one attached hydrogen (secondary N) is 1. The van der Waals surface area contributed by atoms with Gasteiger partial charge < -0.3 is 0 Å². The smallest absolute Gasteiger partial charge is 0.0467 e. The maximum atomic E-state index is 3.51. The molecular formula is C13H20N2. The largest absolute Gasteiger partial charge is 0.250 e. The van der Waals surface area contributed by atoms with Crippen molar-refractivity contribution in [3.8, 4) is 0 Å². The molecule has 0 saturated carbocycles. The zero-order valence-corrected chi connectivity index (χ0v) is 9.66. The molecule has 1 aromatic rings. The third-order valence-corrected chi connectivity index (χ3v) is 3.03. The molecule has 0 aromatic heterocycles. The number of aryl methyl sites for hydroxylation is 1. The van der Waals surface area contributed by atoms with E-state index in [-0.39, 0.29) is 0 Å². The standard InChI is InChI=1S/C13H20N2/c1-15(2)14-13-10-6-4-8-11-7-3-5-9-12(11)13/h3,5,7,9,13-14H,4,6,8,10H2,1-2H3. The minimum Gasteiger partial charge on any atom is -0.250 e. The quantitative estimate of drug-likeness (QED) is 0.588. The lowest BCUT2D eigenvalue weighted by Gasteiger charge is -2.23. The van der Waals surface area contributed by atoms with Gasteiger partial charge in [-0.05, 0) is 30.4 Å². The number of rotatable bonds is 2. The average Bonchev–Trinajstić information content (AvgIpc) is 2.41. The van der Waals surface area contributed by atoms with E-state index in [4.69, 9.17) is 0 Å². The Morgan fingerprint density at radius 2 is 2.00 bits per heavy atom. The van der Waals surface area contributed by atoms with Gasteiger partial charge in [-0.1, -0.05) is 30.7 Å². The molecule has 2 nitrogen and oxygen atoms in total. The van der Waals surface area contributed by atoms with Crippen molar-refractivity contribution in [1.29, 1.82) is 0 Å². The van der Waals surface area contributed by atoms with Gasteiger partial charge in [-0.25, -0.2) is 5.43 Å². The van der Waals surface area contributed by atoms with E-state index in [9.17, 15) is 0 Å². The number of nitrogens with zero attached hydrogens (tertiary/aromatic N) is 1. The Bertz CT molecular complexity index is 320. The Morgan fingerprint density at radius 1 is 1.20 bits per heavy atom. The molecule has 0 spiro atoms. The van der Waals surface area contributed by atoms with Crippen LogP contribution in [0.5, 0.6) is 0 Å². The zero-order valence-electron chi connectivity index (χ0n) is 9.66.